The second-order valence-electron chi connectivity index (χ2n) is 3.96. The Hall–Kier alpha value is -0.170. The van der Waals surface area contributed by atoms with Crippen LogP contribution in [0.1, 0.15) is 19.8 Å². The lowest BCUT2D eigenvalue weighted by Crippen LogP contribution is -2.41. The van der Waals surface area contributed by atoms with E-state index in [4.69, 9.17) is 4.74 Å². The van der Waals surface area contributed by atoms with Gasteiger partial charge in [0.1, 0.15) is 0 Å². The first-order valence-electron chi connectivity index (χ1n) is 5.27. The van der Waals surface area contributed by atoms with Crippen molar-refractivity contribution in [3.8, 4) is 0 Å². The summed E-state index contributed by atoms with van der Waals surface area (Å²) in [5.41, 5.74) is 0. The van der Waals surface area contributed by atoms with Crippen LogP contribution < -0.4 is 10.0 Å². The molecule has 2 atom stereocenters. The van der Waals surface area contributed by atoms with Gasteiger partial charge in [-0.2, -0.15) is 0 Å². The van der Waals surface area contributed by atoms with Crippen molar-refractivity contribution < 1.29 is 13.2 Å². The number of hydrogen-bond donors (Lipinski definition) is 2. The zero-order chi connectivity index (χ0) is 11.3. The molecular weight excluding hydrogens is 216 g/mol. The summed E-state index contributed by atoms with van der Waals surface area (Å²) in [5, 5.41) is 2.78. The predicted octanol–water partition coefficient (Wildman–Crippen LogP) is -0.307. The molecular formula is C9H20N2O3S. The standard InChI is InChI=1S/C9H20N2O3S/c1-8(4-6-14-2)11-15(12,13)9-3-5-10-7-9/h8-11H,3-7H2,1-2H3. The maximum atomic E-state index is 11.8. The molecule has 1 saturated heterocycles. The van der Waals surface area contributed by atoms with Crippen molar-refractivity contribution >= 4 is 10.0 Å². The molecule has 15 heavy (non-hydrogen) atoms. The fourth-order valence-corrected chi connectivity index (χ4v) is 3.26. The van der Waals surface area contributed by atoms with E-state index in [1.165, 1.54) is 0 Å². The minimum atomic E-state index is -3.16. The first-order chi connectivity index (χ1) is 7.06. The minimum Gasteiger partial charge on any atom is -0.385 e. The fourth-order valence-electron chi connectivity index (χ4n) is 1.62. The Labute approximate surface area is 91.6 Å². The van der Waals surface area contributed by atoms with Gasteiger partial charge in [-0.25, -0.2) is 13.1 Å². The second-order valence-corrected chi connectivity index (χ2v) is 5.95. The zero-order valence-corrected chi connectivity index (χ0v) is 10.1. The predicted molar refractivity (Wildman–Crippen MR) is 59.3 cm³/mol. The van der Waals surface area contributed by atoms with Crippen LogP contribution in [0.25, 0.3) is 0 Å². The SMILES string of the molecule is COCCC(C)NS(=O)(=O)C1CCNC1. The molecule has 0 aliphatic carbocycles. The Morgan fingerprint density at radius 1 is 1.60 bits per heavy atom. The summed E-state index contributed by atoms with van der Waals surface area (Å²) >= 11 is 0. The maximum absolute atomic E-state index is 11.8. The molecule has 6 heteroatoms. The number of sulfonamides is 1. The number of rotatable bonds is 6. The number of methoxy groups -OCH3 is 1. The molecule has 1 heterocycles. The average Bonchev–Trinajstić information content (AvgIpc) is 2.67. The second kappa shape index (κ2) is 5.79. The minimum absolute atomic E-state index is 0.0597. The molecule has 0 radical (unpaired) electrons. The molecule has 2 unspecified atom stereocenters. The van der Waals surface area contributed by atoms with Crippen molar-refractivity contribution in [3.05, 3.63) is 0 Å². The molecule has 0 aromatic carbocycles. The van der Waals surface area contributed by atoms with Crippen LogP contribution in [0.15, 0.2) is 0 Å². The highest BCUT2D eigenvalue weighted by atomic mass is 32.2. The Balaban J connectivity index is 2.41. The third-order valence-electron chi connectivity index (χ3n) is 2.57. The third kappa shape index (κ3) is 4.06. The van der Waals surface area contributed by atoms with Gasteiger partial charge < -0.3 is 10.1 Å². The molecule has 0 amide bonds. The molecule has 0 bridgehead atoms. The summed E-state index contributed by atoms with van der Waals surface area (Å²) in [6, 6.07) is -0.0597. The summed E-state index contributed by atoms with van der Waals surface area (Å²) in [5.74, 6) is 0. The van der Waals surface area contributed by atoms with Gasteiger partial charge in [-0.15, -0.1) is 0 Å². The summed E-state index contributed by atoms with van der Waals surface area (Å²) in [7, 11) is -1.54. The van der Waals surface area contributed by atoms with E-state index >= 15 is 0 Å². The Morgan fingerprint density at radius 3 is 2.87 bits per heavy atom. The Morgan fingerprint density at radius 2 is 2.33 bits per heavy atom. The summed E-state index contributed by atoms with van der Waals surface area (Å²) < 4.78 is 31.2. The van der Waals surface area contributed by atoms with Crippen LogP contribution in [-0.2, 0) is 14.8 Å². The van der Waals surface area contributed by atoms with Gasteiger partial charge in [-0.3, -0.25) is 0 Å². The van der Waals surface area contributed by atoms with Crippen LogP contribution in [0.4, 0.5) is 0 Å². The van der Waals surface area contributed by atoms with Crippen molar-refractivity contribution in [1.29, 1.82) is 0 Å². The van der Waals surface area contributed by atoms with Crippen LogP contribution >= 0.6 is 0 Å². The average molecular weight is 236 g/mol. The number of ether oxygens (including phenoxy) is 1. The van der Waals surface area contributed by atoms with E-state index in [1.807, 2.05) is 6.92 Å². The highest BCUT2D eigenvalue weighted by molar-refractivity contribution is 7.90. The van der Waals surface area contributed by atoms with Crippen LogP contribution in [0.2, 0.25) is 0 Å². The van der Waals surface area contributed by atoms with Gasteiger partial charge in [-0.05, 0) is 26.3 Å². The first kappa shape index (κ1) is 12.9. The molecule has 1 aliphatic rings. The van der Waals surface area contributed by atoms with E-state index < -0.39 is 10.0 Å². The molecule has 0 spiro atoms. The number of hydrogen-bond acceptors (Lipinski definition) is 4. The highest BCUT2D eigenvalue weighted by Crippen LogP contribution is 2.09. The van der Waals surface area contributed by atoms with E-state index in [0.717, 1.165) is 6.54 Å². The smallest absolute Gasteiger partial charge is 0.216 e. The molecule has 0 aromatic rings. The molecule has 5 nitrogen and oxygen atoms in total. The van der Waals surface area contributed by atoms with Gasteiger partial charge in [0.2, 0.25) is 10.0 Å². The molecule has 0 aromatic heterocycles. The van der Waals surface area contributed by atoms with Crippen molar-refractivity contribution in [3.63, 3.8) is 0 Å². The molecule has 0 saturated carbocycles. The van der Waals surface area contributed by atoms with Gasteiger partial charge >= 0.3 is 0 Å². The van der Waals surface area contributed by atoms with Gasteiger partial charge in [0.05, 0.1) is 5.25 Å². The zero-order valence-electron chi connectivity index (χ0n) is 9.32. The summed E-state index contributed by atoms with van der Waals surface area (Å²) in [6.07, 6.45) is 1.40. The molecule has 1 aliphatic heterocycles. The summed E-state index contributed by atoms with van der Waals surface area (Å²) in [6.45, 7) is 3.79. The normalized spacial score (nSPS) is 24.3. The molecule has 1 rings (SSSR count). The topological polar surface area (TPSA) is 67.4 Å². The lowest BCUT2D eigenvalue weighted by atomic mass is 10.3. The van der Waals surface area contributed by atoms with Crippen molar-refractivity contribution in [1.82, 2.24) is 10.0 Å². The first-order valence-corrected chi connectivity index (χ1v) is 6.81. The van der Waals surface area contributed by atoms with Gasteiger partial charge in [-0.1, -0.05) is 0 Å². The van der Waals surface area contributed by atoms with Gasteiger partial charge in [0.15, 0.2) is 0 Å². The lowest BCUT2D eigenvalue weighted by Gasteiger charge is -2.17. The molecule has 2 N–H and O–H groups in total. The van der Waals surface area contributed by atoms with E-state index in [0.29, 0.717) is 26.0 Å². The highest BCUT2D eigenvalue weighted by Gasteiger charge is 2.29. The number of nitrogens with one attached hydrogen (secondary N) is 2. The van der Waals surface area contributed by atoms with Crippen LogP contribution in [0.5, 0.6) is 0 Å². The van der Waals surface area contributed by atoms with Crippen LogP contribution in [0.3, 0.4) is 0 Å². The lowest BCUT2D eigenvalue weighted by molar-refractivity contribution is 0.188. The largest absolute Gasteiger partial charge is 0.385 e. The molecule has 1 fully saturated rings. The van der Waals surface area contributed by atoms with Gasteiger partial charge in [0.25, 0.3) is 0 Å². The maximum Gasteiger partial charge on any atom is 0.216 e. The van der Waals surface area contributed by atoms with Crippen LogP contribution in [0, 0.1) is 0 Å². The van der Waals surface area contributed by atoms with Crippen molar-refractivity contribution in [2.45, 2.75) is 31.1 Å². The molecule has 90 valence electrons. The van der Waals surface area contributed by atoms with Crippen molar-refractivity contribution in [2.75, 3.05) is 26.8 Å². The van der Waals surface area contributed by atoms with E-state index in [9.17, 15) is 8.42 Å². The van der Waals surface area contributed by atoms with Crippen molar-refractivity contribution in [2.24, 2.45) is 0 Å². The Bertz CT molecular complexity index is 273. The fraction of sp³-hybridized carbons (Fsp3) is 1.00. The quantitative estimate of drug-likeness (QED) is 0.664. The van der Waals surface area contributed by atoms with Gasteiger partial charge in [0, 0.05) is 26.3 Å². The third-order valence-corrected chi connectivity index (χ3v) is 4.59. The van der Waals surface area contributed by atoms with E-state index in [2.05, 4.69) is 10.0 Å². The Kier molecular flexibility index (Phi) is 4.98. The van der Waals surface area contributed by atoms with E-state index in [-0.39, 0.29) is 11.3 Å². The van der Waals surface area contributed by atoms with E-state index in [1.54, 1.807) is 7.11 Å². The van der Waals surface area contributed by atoms with Crippen LogP contribution in [-0.4, -0.2) is 46.5 Å². The summed E-state index contributed by atoms with van der Waals surface area (Å²) in [4.78, 5) is 0. The monoisotopic (exact) mass is 236 g/mol.